The first-order valence-corrected chi connectivity index (χ1v) is 6.90. The third-order valence-electron chi connectivity index (χ3n) is 2.01. The van der Waals surface area contributed by atoms with Crippen LogP contribution in [-0.4, -0.2) is 30.2 Å². The summed E-state index contributed by atoms with van der Waals surface area (Å²) in [5.74, 6) is -1.97. The van der Waals surface area contributed by atoms with Gasteiger partial charge in [-0.05, 0) is 12.1 Å². The van der Waals surface area contributed by atoms with Crippen molar-refractivity contribution in [2.75, 3.05) is 10.5 Å². The maximum absolute atomic E-state index is 11.6. The van der Waals surface area contributed by atoms with Gasteiger partial charge in [0.2, 0.25) is 10.0 Å². The number of carboxylic acids is 1. The van der Waals surface area contributed by atoms with E-state index >= 15 is 0 Å². The molecule has 0 heterocycles. The van der Waals surface area contributed by atoms with Crippen LogP contribution in [0.1, 0.15) is 6.42 Å². The summed E-state index contributed by atoms with van der Waals surface area (Å²) in [6.45, 7) is 0. The minimum atomic E-state index is -4.00. The number of hydrogen-bond donors (Lipinski definition) is 2. The molecule has 0 radical (unpaired) electrons. The summed E-state index contributed by atoms with van der Waals surface area (Å²) in [6.07, 6.45) is -0.607. The number of rotatable bonds is 6. The number of nitrogens with zero attached hydrogens (tertiary/aromatic N) is 1. The molecule has 0 bridgehead atoms. The number of aliphatic carboxylic acids is 1. The van der Waals surface area contributed by atoms with Gasteiger partial charge in [0.15, 0.2) is 0 Å². The number of halogens is 1. The van der Waals surface area contributed by atoms with Crippen LogP contribution in [0.15, 0.2) is 18.2 Å². The second-order valence-corrected chi connectivity index (χ2v) is 5.76. The maximum Gasteiger partial charge on any atom is 0.304 e. The average Bonchev–Trinajstić information content (AvgIpc) is 2.25. The molecule has 8 nitrogen and oxygen atoms in total. The van der Waals surface area contributed by atoms with E-state index in [9.17, 15) is 23.3 Å². The van der Waals surface area contributed by atoms with Crippen LogP contribution in [0.4, 0.5) is 11.4 Å². The number of nitro groups is 1. The molecule has 0 aliphatic heterocycles. The van der Waals surface area contributed by atoms with Crippen molar-refractivity contribution in [1.82, 2.24) is 0 Å². The first kappa shape index (κ1) is 15.2. The van der Waals surface area contributed by atoms with E-state index in [4.69, 9.17) is 16.7 Å². The molecule has 0 amide bonds. The van der Waals surface area contributed by atoms with Gasteiger partial charge in [0.05, 0.1) is 17.1 Å². The van der Waals surface area contributed by atoms with Crippen molar-refractivity contribution in [2.45, 2.75) is 6.42 Å². The Bertz CT molecular complexity index is 615. The van der Waals surface area contributed by atoms with Crippen LogP contribution in [0.25, 0.3) is 0 Å². The lowest BCUT2D eigenvalue weighted by Gasteiger charge is -2.07. The van der Waals surface area contributed by atoms with Crippen molar-refractivity contribution in [2.24, 2.45) is 0 Å². The van der Waals surface area contributed by atoms with Gasteiger partial charge in [-0.3, -0.25) is 19.6 Å². The third-order valence-corrected chi connectivity index (χ3v) is 3.51. The monoisotopic (exact) mass is 308 g/mol. The van der Waals surface area contributed by atoms with Crippen LogP contribution in [-0.2, 0) is 14.8 Å². The van der Waals surface area contributed by atoms with E-state index in [1.54, 1.807) is 0 Å². The Morgan fingerprint density at radius 2 is 2.11 bits per heavy atom. The summed E-state index contributed by atoms with van der Waals surface area (Å²) >= 11 is 5.63. The van der Waals surface area contributed by atoms with E-state index in [0.717, 1.165) is 12.1 Å². The number of hydrogen-bond acceptors (Lipinski definition) is 5. The highest BCUT2D eigenvalue weighted by Gasteiger charge is 2.20. The standard InChI is InChI=1S/C9H9ClN2O6S/c10-6-1-2-8(12(15)16)7(5-6)11-19(17,18)4-3-9(13)14/h1-2,5,11H,3-4H2,(H,13,14). The molecule has 2 N–H and O–H groups in total. The Kier molecular flexibility index (Phi) is 4.67. The first-order valence-electron chi connectivity index (χ1n) is 4.87. The van der Waals surface area contributed by atoms with Gasteiger partial charge in [-0.2, -0.15) is 0 Å². The molecule has 19 heavy (non-hydrogen) atoms. The first-order chi connectivity index (χ1) is 8.71. The zero-order chi connectivity index (χ0) is 14.6. The lowest BCUT2D eigenvalue weighted by Crippen LogP contribution is -2.19. The Morgan fingerprint density at radius 3 is 2.63 bits per heavy atom. The van der Waals surface area contributed by atoms with E-state index < -0.39 is 38.8 Å². The molecule has 0 saturated carbocycles. The van der Waals surface area contributed by atoms with Crippen molar-refractivity contribution in [3.8, 4) is 0 Å². The van der Waals surface area contributed by atoms with Crippen molar-refractivity contribution >= 4 is 39.0 Å². The fourth-order valence-electron chi connectivity index (χ4n) is 1.19. The predicted molar refractivity (Wildman–Crippen MR) is 67.8 cm³/mol. The van der Waals surface area contributed by atoms with Gasteiger partial charge >= 0.3 is 5.97 Å². The van der Waals surface area contributed by atoms with E-state index in [1.807, 2.05) is 4.72 Å². The van der Waals surface area contributed by atoms with Crippen molar-refractivity contribution in [1.29, 1.82) is 0 Å². The Labute approximate surface area is 113 Å². The van der Waals surface area contributed by atoms with Crippen LogP contribution in [0.3, 0.4) is 0 Å². The molecular formula is C9H9ClN2O6S. The number of benzene rings is 1. The van der Waals surface area contributed by atoms with Gasteiger partial charge in [-0.1, -0.05) is 11.6 Å². The van der Waals surface area contributed by atoms with Crippen LogP contribution < -0.4 is 4.72 Å². The number of carboxylic acid groups (broad SMARTS) is 1. The topological polar surface area (TPSA) is 127 Å². The highest BCUT2D eigenvalue weighted by atomic mass is 35.5. The summed E-state index contributed by atoms with van der Waals surface area (Å²) in [6, 6.07) is 3.38. The Balaban J connectivity index is 3.01. The molecule has 1 aromatic carbocycles. The van der Waals surface area contributed by atoms with E-state index in [1.165, 1.54) is 6.07 Å². The summed E-state index contributed by atoms with van der Waals surface area (Å²) in [5.41, 5.74) is -0.772. The molecule has 1 rings (SSSR count). The molecule has 10 heteroatoms. The van der Waals surface area contributed by atoms with Gasteiger partial charge in [0, 0.05) is 11.1 Å². The molecule has 0 unspecified atom stereocenters. The highest BCUT2D eigenvalue weighted by Crippen LogP contribution is 2.28. The molecule has 0 fully saturated rings. The normalized spacial score (nSPS) is 11.0. The van der Waals surface area contributed by atoms with Crippen LogP contribution in [0.5, 0.6) is 0 Å². The molecule has 0 spiro atoms. The Morgan fingerprint density at radius 1 is 1.47 bits per heavy atom. The molecule has 0 saturated heterocycles. The van der Waals surface area contributed by atoms with Crippen LogP contribution in [0.2, 0.25) is 5.02 Å². The molecule has 104 valence electrons. The molecule has 0 atom stereocenters. The zero-order valence-corrected chi connectivity index (χ0v) is 10.9. The minimum absolute atomic E-state index is 0.113. The molecular weight excluding hydrogens is 300 g/mol. The smallest absolute Gasteiger partial charge is 0.304 e. The third kappa shape index (κ3) is 4.72. The second-order valence-electron chi connectivity index (χ2n) is 3.48. The summed E-state index contributed by atoms with van der Waals surface area (Å²) in [7, 11) is -4.00. The number of nitro benzene ring substituents is 1. The molecule has 0 aliphatic carbocycles. The van der Waals surface area contributed by atoms with Crippen molar-refractivity contribution in [3.63, 3.8) is 0 Å². The van der Waals surface area contributed by atoms with Gasteiger partial charge < -0.3 is 5.11 Å². The SMILES string of the molecule is O=C(O)CCS(=O)(=O)Nc1cc(Cl)ccc1[N+](=O)[O-]. The number of anilines is 1. The largest absolute Gasteiger partial charge is 0.481 e. The quantitative estimate of drug-likeness (QED) is 0.605. The summed E-state index contributed by atoms with van der Waals surface area (Å²) in [4.78, 5) is 20.3. The van der Waals surface area contributed by atoms with Gasteiger partial charge in [-0.15, -0.1) is 0 Å². The Hall–Kier alpha value is -1.87. The minimum Gasteiger partial charge on any atom is -0.481 e. The fourth-order valence-corrected chi connectivity index (χ4v) is 2.41. The summed E-state index contributed by atoms with van der Waals surface area (Å²) < 4.78 is 25.0. The van der Waals surface area contributed by atoms with Crippen molar-refractivity contribution in [3.05, 3.63) is 33.3 Å². The average molecular weight is 309 g/mol. The van der Waals surface area contributed by atoms with Gasteiger partial charge in [0.1, 0.15) is 5.69 Å². The van der Waals surface area contributed by atoms with Crippen molar-refractivity contribution < 1.29 is 23.2 Å². The number of sulfonamides is 1. The molecule has 1 aromatic rings. The van der Waals surface area contributed by atoms with Crippen LogP contribution >= 0.6 is 11.6 Å². The van der Waals surface area contributed by atoms with Gasteiger partial charge in [0.25, 0.3) is 5.69 Å². The second kappa shape index (κ2) is 5.85. The highest BCUT2D eigenvalue weighted by molar-refractivity contribution is 7.92. The van der Waals surface area contributed by atoms with E-state index in [0.29, 0.717) is 0 Å². The predicted octanol–water partition coefficient (Wildman–Crippen LogP) is 1.46. The number of nitrogens with one attached hydrogen (secondary N) is 1. The van der Waals surface area contributed by atoms with E-state index in [2.05, 4.69) is 0 Å². The molecule has 0 aromatic heterocycles. The lowest BCUT2D eigenvalue weighted by molar-refractivity contribution is -0.383. The van der Waals surface area contributed by atoms with Gasteiger partial charge in [-0.25, -0.2) is 8.42 Å². The number of carbonyl (C=O) groups is 1. The van der Waals surface area contributed by atoms with Crippen LogP contribution in [0, 0.1) is 10.1 Å². The fraction of sp³-hybridized carbons (Fsp3) is 0.222. The van der Waals surface area contributed by atoms with E-state index in [-0.39, 0.29) is 10.7 Å². The molecule has 0 aliphatic rings. The zero-order valence-electron chi connectivity index (χ0n) is 9.37. The lowest BCUT2D eigenvalue weighted by atomic mass is 10.3. The summed E-state index contributed by atoms with van der Waals surface area (Å²) in [5, 5.41) is 19.2. The maximum atomic E-state index is 11.6.